The summed E-state index contributed by atoms with van der Waals surface area (Å²) in [6.45, 7) is 0. The van der Waals surface area contributed by atoms with Gasteiger partial charge in [-0.15, -0.1) is 11.3 Å². The second-order valence-corrected chi connectivity index (χ2v) is 5.50. The summed E-state index contributed by atoms with van der Waals surface area (Å²) in [5.74, 6) is 0. The Bertz CT molecular complexity index is 683. The van der Waals surface area contributed by atoms with Crippen molar-refractivity contribution in [2.45, 2.75) is 0 Å². The number of allylic oxidation sites excluding steroid dienone is 1. The third-order valence-electron chi connectivity index (χ3n) is 2.38. The van der Waals surface area contributed by atoms with Crippen molar-refractivity contribution in [3.8, 4) is 6.07 Å². The first-order valence-corrected chi connectivity index (χ1v) is 6.88. The van der Waals surface area contributed by atoms with E-state index in [0.29, 0.717) is 11.1 Å². The van der Waals surface area contributed by atoms with Gasteiger partial charge in [-0.3, -0.25) is 10.1 Å². The van der Waals surface area contributed by atoms with Crippen LogP contribution in [0.15, 0.2) is 40.2 Å². The van der Waals surface area contributed by atoms with Gasteiger partial charge in [0.05, 0.1) is 16.6 Å². The number of thiophene rings is 1. The monoisotopic (exact) mass is 334 g/mol. The molecule has 1 aromatic heterocycles. The summed E-state index contributed by atoms with van der Waals surface area (Å²) in [5, 5.41) is 21.7. The Labute approximate surface area is 121 Å². The molecule has 0 saturated heterocycles. The van der Waals surface area contributed by atoms with Gasteiger partial charge in [0.15, 0.2) is 0 Å². The maximum absolute atomic E-state index is 10.6. The van der Waals surface area contributed by atoms with E-state index in [2.05, 4.69) is 22.0 Å². The zero-order valence-electron chi connectivity index (χ0n) is 9.54. The van der Waals surface area contributed by atoms with E-state index in [4.69, 9.17) is 5.26 Å². The number of non-ortho nitro benzene ring substituents is 1. The van der Waals surface area contributed by atoms with Crippen molar-refractivity contribution < 1.29 is 4.92 Å². The minimum absolute atomic E-state index is 0.0138. The first-order valence-electron chi connectivity index (χ1n) is 5.21. The highest BCUT2D eigenvalue weighted by atomic mass is 79.9. The van der Waals surface area contributed by atoms with E-state index >= 15 is 0 Å². The molecule has 0 saturated carbocycles. The first kappa shape index (κ1) is 13.5. The fraction of sp³-hybridized carbons (Fsp3) is 0. The van der Waals surface area contributed by atoms with Crippen LogP contribution in [0.1, 0.15) is 10.4 Å². The van der Waals surface area contributed by atoms with Crippen molar-refractivity contribution in [2.75, 3.05) is 0 Å². The third kappa shape index (κ3) is 3.28. The van der Waals surface area contributed by atoms with Gasteiger partial charge in [0.2, 0.25) is 0 Å². The number of benzene rings is 1. The van der Waals surface area contributed by atoms with E-state index in [-0.39, 0.29) is 5.69 Å². The van der Waals surface area contributed by atoms with Gasteiger partial charge >= 0.3 is 0 Å². The van der Waals surface area contributed by atoms with Crippen LogP contribution < -0.4 is 0 Å². The minimum atomic E-state index is -0.462. The molecule has 6 heteroatoms. The Morgan fingerprint density at radius 2 is 2.11 bits per heavy atom. The first-order chi connectivity index (χ1) is 9.10. The lowest BCUT2D eigenvalue weighted by atomic mass is 10.1. The molecule has 0 amide bonds. The lowest BCUT2D eigenvalue weighted by molar-refractivity contribution is -0.384. The molecule has 2 aromatic rings. The molecule has 0 aliphatic carbocycles. The molecule has 1 aromatic carbocycles. The zero-order chi connectivity index (χ0) is 13.8. The summed E-state index contributed by atoms with van der Waals surface area (Å²) < 4.78 is 0.963. The van der Waals surface area contributed by atoms with Crippen molar-refractivity contribution in [1.82, 2.24) is 0 Å². The van der Waals surface area contributed by atoms with Crippen molar-refractivity contribution in [3.63, 3.8) is 0 Å². The molecule has 19 heavy (non-hydrogen) atoms. The van der Waals surface area contributed by atoms with Gasteiger partial charge in [0.1, 0.15) is 0 Å². The highest BCUT2D eigenvalue weighted by Gasteiger charge is 2.07. The topological polar surface area (TPSA) is 66.9 Å². The van der Waals surface area contributed by atoms with Crippen molar-refractivity contribution >= 4 is 44.6 Å². The molecule has 4 nitrogen and oxygen atoms in total. The highest BCUT2D eigenvalue weighted by molar-refractivity contribution is 9.10. The molecule has 0 bridgehead atoms. The molecular formula is C13H7BrN2O2S. The number of halogens is 1. The SMILES string of the molecule is N#C/C(=C/c1cc(Br)cs1)c1ccc([N+](=O)[O-])cc1. The van der Waals surface area contributed by atoms with E-state index in [1.807, 2.05) is 11.4 Å². The van der Waals surface area contributed by atoms with Gasteiger partial charge in [-0.1, -0.05) is 0 Å². The van der Waals surface area contributed by atoms with Crippen molar-refractivity contribution in [3.05, 3.63) is 60.7 Å². The van der Waals surface area contributed by atoms with Crippen LogP contribution >= 0.6 is 27.3 Å². The summed E-state index contributed by atoms with van der Waals surface area (Å²) >= 11 is 4.86. The second-order valence-electron chi connectivity index (χ2n) is 3.64. The predicted octanol–water partition coefficient (Wildman–Crippen LogP) is 4.48. The molecule has 94 valence electrons. The fourth-order valence-corrected chi connectivity index (χ4v) is 2.87. The average molecular weight is 335 g/mol. The normalized spacial score (nSPS) is 11.1. The van der Waals surface area contributed by atoms with Crippen LogP contribution in [-0.4, -0.2) is 4.92 Å². The van der Waals surface area contributed by atoms with Crippen LogP contribution in [0, 0.1) is 21.4 Å². The van der Waals surface area contributed by atoms with E-state index in [9.17, 15) is 10.1 Å². The third-order valence-corrected chi connectivity index (χ3v) is 4.02. The van der Waals surface area contributed by atoms with Gasteiger partial charge in [-0.2, -0.15) is 5.26 Å². The summed E-state index contributed by atoms with van der Waals surface area (Å²) in [4.78, 5) is 11.1. The molecule has 0 aliphatic rings. The molecule has 2 rings (SSSR count). The Morgan fingerprint density at radius 3 is 2.58 bits per heavy atom. The molecular weight excluding hydrogens is 328 g/mol. The fourth-order valence-electron chi connectivity index (χ4n) is 1.49. The highest BCUT2D eigenvalue weighted by Crippen LogP contribution is 2.25. The number of hydrogen-bond acceptors (Lipinski definition) is 4. The summed E-state index contributed by atoms with van der Waals surface area (Å²) in [7, 11) is 0. The molecule has 0 N–H and O–H groups in total. The summed E-state index contributed by atoms with van der Waals surface area (Å²) in [6, 6.07) is 9.96. The molecule has 0 atom stereocenters. The summed E-state index contributed by atoms with van der Waals surface area (Å²) in [6.07, 6.45) is 1.76. The molecule has 1 heterocycles. The van der Waals surface area contributed by atoms with E-state index in [0.717, 1.165) is 9.35 Å². The van der Waals surface area contributed by atoms with Crippen LogP contribution in [0.25, 0.3) is 11.6 Å². The number of nitro benzene ring substituents is 1. The maximum Gasteiger partial charge on any atom is 0.269 e. The van der Waals surface area contributed by atoms with Crippen LogP contribution in [-0.2, 0) is 0 Å². The van der Waals surface area contributed by atoms with Crippen LogP contribution in [0.3, 0.4) is 0 Å². The number of nitrogens with zero attached hydrogens (tertiary/aromatic N) is 2. The van der Waals surface area contributed by atoms with E-state index in [1.54, 1.807) is 18.2 Å². The number of nitriles is 1. The van der Waals surface area contributed by atoms with Gasteiger partial charge in [0.25, 0.3) is 5.69 Å². The van der Waals surface area contributed by atoms with Gasteiger partial charge < -0.3 is 0 Å². The van der Waals surface area contributed by atoms with Gasteiger partial charge in [0, 0.05) is 26.9 Å². The molecule has 0 spiro atoms. The average Bonchev–Trinajstić information content (AvgIpc) is 2.81. The van der Waals surface area contributed by atoms with Crippen LogP contribution in [0.5, 0.6) is 0 Å². The lowest BCUT2D eigenvalue weighted by Gasteiger charge is -1.98. The summed E-state index contributed by atoms with van der Waals surface area (Å²) in [5.41, 5.74) is 1.15. The number of rotatable bonds is 3. The molecule has 0 aliphatic heterocycles. The minimum Gasteiger partial charge on any atom is -0.258 e. The maximum atomic E-state index is 10.6. The van der Waals surface area contributed by atoms with Gasteiger partial charge in [-0.05, 0) is 45.8 Å². The van der Waals surface area contributed by atoms with Crippen molar-refractivity contribution in [1.29, 1.82) is 5.26 Å². The van der Waals surface area contributed by atoms with E-state index < -0.39 is 4.92 Å². The molecule has 0 radical (unpaired) electrons. The predicted molar refractivity (Wildman–Crippen MR) is 78.6 cm³/mol. The smallest absolute Gasteiger partial charge is 0.258 e. The van der Waals surface area contributed by atoms with Crippen LogP contribution in [0.2, 0.25) is 0 Å². The number of hydrogen-bond donors (Lipinski definition) is 0. The standard InChI is InChI=1S/C13H7BrN2O2S/c14-11-6-13(19-8-11)5-10(7-15)9-1-3-12(4-2-9)16(17)18/h1-6,8H/b10-5-. The Kier molecular flexibility index (Phi) is 4.10. The largest absolute Gasteiger partial charge is 0.269 e. The lowest BCUT2D eigenvalue weighted by Crippen LogP contribution is -1.88. The molecule has 0 fully saturated rings. The zero-order valence-corrected chi connectivity index (χ0v) is 11.9. The van der Waals surface area contributed by atoms with Crippen LogP contribution in [0.4, 0.5) is 5.69 Å². The quantitative estimate of drug-likeness (QED) is 0.472. The Morgan fingerprint density at radius 1 is 1.42 bits per heavy atom. The van der Waals surface area contributed by atoms with Gasteiger partial charge in [-0.25, -0.2) is 0 Å². The number of nitro groups is 1. The second kappa shape index (κ2) is 5.78. The van der Waals surface area contributed by atoms with Crippen molar-refractivity contribution in [2.24, 2.45) is 0 Å². The Hall–Kier alpha value is -1.97. The Balaban J connectivity index is 2.35. The van der Waals surface area contributed by atoms with E-state index in [1.165, 1.54) is 23.5 Å². The molecule has 0 unspecified atom stereocenters.